The van der Waals surface area contributed by atoms with Gasteiger partial charge in [-0.2, -0.15) is 0 Å². The summed E-state index contributed by atoms with van der Waals surface area (Å²) in [7, 11) is -3.68. The second-order valence-corrected chi connectivity index (χ2v) is 8.68. The Morgan fingerprint density at radius 3 is 1.91 bits per heavy atom. The summed E-state index contributed by atoms with van der Waals surface area (Å²) in [6.45, 7) is 0.0546. The summed E-state index contributed by atoms with van der Waals surface area (Å²) in [4.78, 5) is 0. The van der Waals surface area contributed by atoms with E-state index < -0.39 is 7.60 Å². The minimum Gasteiger partial charge on any atom is -0.412 e. The number of thioether (sulfide) groups is 1. The Hall–Kier alpha value is -1.33. The molecule has 0 spiro atoms. The Balaban J connectivity index is 2.19. The van der Waals surface area contributed by atoms with Crippen LogP contribution < -0.4 is 9.05 Å². The van der Waals surface area contributed by atoms with Gasteiger partial charge in [0.25, 0.3) is 0 Å². The number of aliphatic hydroxyl groups is 1. The van der Waals surface area contributed by atoms with Crippen LogP contribution in [0.4, 0.5) is 0 Å². The van der Waals surface area contributed by atoms with Crippen LogP contribution in [-0.4, -0.2) is 21.4 Å². The lowest BCUT2D eigenvalue weighted by molar-refractivity contribution is 0.296. The van der Waals surface area contributed by atoms with Crippen LogP contribution in [0.5, 0.6) is 11.5 Å². The number of aliphatic hydroxyl groups excluding tert-OH is 1. The Morgan fingerprint density at radius 2 is 1.48 bits per heavy atom. The van der Waals surface area contributed by atoms with Crippen LogP contribution in [-0.2, 0) is 4.57 Å². The Bertz CT molecular complexity index is 619. The van der Waals surface area contributed by atoms with Gasteiger partial charge in [-0.15, -0.1) is 11.8 Å². The van der Waals surface area contributed by atoms with E-state index >= 15 is 0 Å². The smallest absolute Gasteiger partial charge is 0.412 e. The van der Waals surface area contributed by atoms with Crippen LogP contribution in [0.3, 0.4) is 0 Å². The van der Waals surface area contributed by atoms with Crippen LogP contribution in [0, 0.1) is 0 Å². The van der Waals surface area contributed by atoms with Gasteiger partial charge in [-0.05, 0) is 30.7 Å². The first kappa shape index (κ1) is 18.0. The molecule has 0 aromatic heterocycles. The lowest BCUT2D eigenvalue weighted by Gasteiger charge is -2.20. The van der Waals surface area contributed by atoms with Crippen LogP contribution >= 0.6 is 31.6 Å². The maximum Gasteiger partial charge on any atom is 0.480 e. The highest BCUT2D eigenvalue weighted by molar-refractivity contribution is 8.35. The van der Waals surface area contributed by atoms with Gasteiger partial charge in [0, 0.05) is 12.4 Å². The lowest BCUT2D eigenvalue weighted by Crippen LogP contribution is -2.08. The molecule has 0 radical (unpaired) electrons. The average Bonchev–Trinajstić information content (AvgIpc) is 2.56. The van der Waals surface area contributed by atoms with Gasteiger partial charge < -0.3 is 14.2 Å². The molecule has 0 aliphatic rings. The highest BCUT2D eigenvalue weighted by atomic mass is 32.2. The van der Waals surface area contributed by atoms with Crippen molar-refractivity contribution < 1.29 is 18.7 Å². The van der Waals surface area contributed by atoms with Crippen molar-refractivity contribution in [3.8, 4) is 11.5 Å². The Kier molecular flexibility index (Phi) is 7.12. The molecule has 0 saturated heterocycles. The standard InChI is InChI=1S/C16H17O4PS2/c17-12-7-13-23-16(22)21(18,19-14-8-3-1-4-9-14)20-15-10-5-2-6-11-15/h1-6,8-11,17H,7,12-13H2. The molecule has 1 N–H and O–H groups in total. The van der Waals surface area contributed by atoms with E-state index in [1.165, 1.54) is 11.8 Å². The minimum atomic E-state index is -3.68. The van der Waals surface area contributed by atoms with Crippen molar-refractivity contribution in [1.82, 2.24) is 0 Å². The van der Waals surface area contributed by atoms with Crippen molar-refractivity contribution in [2.24, 2.45) is 0 Å². The molecular formula is C16H17O4PS2. The minimum absolute atomic E-state index is 0.0546. The summed E-state index contributed by atoms with van der Waals surface area (Å²) in [6, 6.07) is 17.6. The van der Waals surface area contributed by atoms with Gasteiger partial charge in [0.2, 0.25) is 0 Å². The van der Waals surface area contributed by atoms with Crippen LogP contribution in [0.25, 0.3) is 0 Å². The fraction of sp³-hybridized carbons (Fsp3) is 0.188. The number of hydrogen-bond acceptors (Lipinski definition) is 6. The molecule has 23 heavy (non-hydrogen) atoms. The van der Waals surface area contributed by atoms with E-state index in [0.29, 0.717) is 23.7 Å². The van der Waals surface area contributed by atoms with E-state index in [2.05, 4.69) is 0 Å². The number of hydrogen-bond donors (Lipinski definition) is 1. The second-order valence-electron chi connectivity index (χ2n) is 4.50. The van der Waals surface area contributed by atoms with Crippen LogP contribution in [0.2, 0.25) is 0 Å². The fourth-order valence-electron chi connectivity index (χ4n) is 1.64. The van der Waals surface area contributed by atoms with Crippen molar-refractivity contribution in [3.63, 3.8) is 0 Å². The SMILES string of the molecule is O=P(Oc1ccccc1)(Oc1ccccc1)C(=S)SCCCO. The van der Waals surface area contributed by atoms with Gasteiger partial charge in [0.15, 0.2) is 3.94 Å². The molecule has 2 aromatic carbocycles. The fourth-order valence-corrected chi connectivity index (χ4v) is 4.67. The van der Waals surface area contributed by atoms with E-state index in [0.717, 1.165) is 0 Å². The van der Waals surface area contributed by atoms with Gasteiger partial charge in [-0.1, -0.05) is 48.6 Å². The number of benzene rings is 2. The summed E-state index contributed by atoms with van der Waals surface area (Å²) in [6.07, 6.45) is 0.557. The third-order valence-electron chi connectivity index (χ3n) is 2.69. The first-order valence-corrected chi connectivity index (χ1v) is 9.95. The maximum atomic E-state index is 13.2. The molecule has 122 valence electrons. The first-order valence-electron chi connectivity index (χ1n) is 7.01. The predicted octanol–water partition coefficient (Wildman–Crippen LogP) is 4.74. The molecule has 4 nitrogen and oxygen atoms in total. The quantitative estimate of drug-likeness (QED) is 0.413. The number of thiocarbonyl (C=S) groups is 1. The zero-order chi connectivity index (χ0) is 16.5. The van der Waals surface area contributed by atoms with Crippen molar-refractivity contribution in [1.29, 1.82) is 0 Å². The van der Waals surface area contributed by atoms with Gasteiger partial charge >= 0.3 is 7.60 Å². The van der Waals surface area contributed by atoms with E-state index in [1.807, 2.05) is 12.1 Å². The first-order chi connectivity index (χ1) is 11.1. The van der Waals surface area contributed by atoms with Gasteiger partial charge in [0.05, 0.1) is 0 Å². The summed E-state index contributed by atoms with van der Waals surface area (Å²) >= 11 is 6.47. The zero-order valence-electron chi connectivity index (χ0n) is 12.3. The molecule has 0 saturated carbocycles. The van der Waals surface area contributed by atoms with Crippen molar-refractivity contribution in [2.75, 3.05) is 12.4 Å². The average molecular weight is 368 g/mol. The van der Waals surface area contributed by atoms with E-state index in [4.69, 9.17) is 26.4 Å². The molecule has 7 heteroatoms. The van der Waals surface area contributed by atoms with Gasteiger partial charge in [-0.3, -0.25) is 0 Å². The number of rotatable bonds is 8. The van der Waals surface area contributed by atoms with E-state index in [1.54, 1.807) is 48.5 Å². The molecule has 0 aliphatic heterocycles. The van der Waals surface area contributed by atoms with E-state index in [9.17, 15) is 4.57 Å². The monoisotopic (exact) mass is 368 g/mol. The lowest BCUT2D eigenvalue weighted by atomic mass is 10.3. The summed E-state index contributed by atoms with van der Waals surface area (Å²) in [5.74, 6) is 1.41. The largest absolute Gasteiger partial charge is 0.480 e. The topological polar surface area (TPSA) is 55.8 Å². The van der Waals surface area contributed by atoms with Gasteiger partial charge in [0.1, 0.15) is 11.5 Å². The van der Waals surface area contributed by atoms with Crippen LogP contribution in [0.1, 0.15) is 6.42 Å². The second kappa shape index (κ2) is 9.08. The Labute approximate surface area is 145 Å². The zero-order valence-corrected chi connectivity index (χ0v) is 14.9. The van der Waals surface area contributed by atoms with Crippen molar-refractivity contribution >= 4 is 35.5 Å². The highest BCUT2D eigenvalue weighted by Gasteiger charge is 2.34. The predicted molar refractivity (Wildman–Crippen MR) is 98.5 cm³/mol. The summed E-state index contributed by atoms with van der Waals surface area (Å²) in [5.41, 5.74) is 0. The molecule has 0 heterocycles. The molecule has 2 aromatic rings. The Morgan fingerprint density at radius 1 is 1.00 bits per heavy atom. The van der Waals surface area contributed by atoms with Crippen LogP contribution in [0.15, 0.2) is 60.7 Å². The molecule has 0 atom stereocenters. The summed E-state index contributed by atoms with van der Waals surface area (Å²) in [5, 5.41) is 8.86. The number of para-hydroxylation sites is 2. The normalized spacial score (nSPS) is 11.0. The molecule has 0 amide bonds. The van der Waals surface area contributed by atoms with Crippen molar-refractivity contribution in [2.45, 2.75) is 6.42 Å². The third-order valence-corrected chi connectivity index (χ3v) is 6.86. The summed E-state index contributed by atoms with van der Waals surface area (Å²) < 4.78 is 24.5. The molecule has 0 unspecified atom stereocenters. The van der Waals surface area contributed by atoms with Crippen molar-refractivity contribution in [3.05, 3.63) is 60.7 Å². The maximum absolute atomic E-state index is 13.2. The van der Waals surface area contributed by atoms with Gasteiger partial charge in [-0.25, -0.2) is 4.57 Å². The van der Waals surface area contributed by atoms with E-state index in [-0.39, 0.29) is 10.5 Å². The molecule has 2 rings (SSSR count). The highest BCUT2D eigenvalue weighted by Crippen LogP contribution is 2.53. The molecule has 0 fully saturated rings. The third kappa shape index (κ3) is 5.66. The molecular weight excluding hydrogens is 351 g/mol. The molecule has 0 aliphatic carbocycles. The molecule has 0 bridgehead atoms.